The highest BCUT2D eigenvalue weighted by Crippen LogP contribution is 1.81. The van der Waals surface area contributed by atoms with Gasteiger partial charge in [0.1, 0.15) is 0 Å². The minimum absolute atomic E-state index is 0.231. The first-order valence-electron chi connectivity index (χ1n) is 3.15. The summed E-state index contributed by atoms with van der Waals surface area (Å²) in [5, 5.41) is 3.62. The van der Waals surface area contributed by atoms with Crippen LogP contribution in [0, 0.1) is 0 Å². The van der Waals surface area contributed by atoms with Gasteiger partial charge in [-0.05, 0) is 6.92 Å². The largest absolute Gasteiger partial charge is 0.466 e. The molecule has 0 spiro atoms. The molecule has 4 nitrogen and oxygen atoms in total. The highest BCUT2D eigenvalue weighted by molar-refractivity contribution is 5.85. The molecule has 0 amide bonds. The molecule has 0 rings (SSSR count). The lowest BCUT2D eigenvalue weighted by Gasteiger charge is -1.95. The maximum absolute atomic E-state index is 10.6. The Labute approximate surface area is 60.3 Å². The molecular weight excluding hydrogens is 132 g/mol. The summed E-state index contributed by atoms with van der Waals surface area (Å²) in [6, 6.07) is 0. The number of carbonyl (C=O) groups is 1. The van der Waals surface area contributed by atoms with E-state index in [0.717, 1.165) is 0 Å². The third-order valence-electron chi connectivity index (χ3n) is 0.784. The van der Waals surface area contributed by atoms with E-state index >= 15 is 0 Å². The SMILES string of the molecule is CCOC(=O)CC=NNC. The Kier molecular flexibility index (Phi) is 5.42. The summed E-state index contributed by atoms with van der Waals surface area (Å²) in [4.78, 5) is 10.6. The molecule has 10 heavy (non-hydrogen) atoms. The van der Waals surface area contributed by atoms with E-state index < -0.39 is 0 Å². The maximum Gasteiger partial charge on any atom is 0.311 e. The number of hydrazone groups is 1. The zero-order valence-electron chi connectivity index (χ0n) is 6.26. The third kappa shape index (κ3) is 5.08. The molecule has 0 aliphatic carbocycles. The van der Waals surface area contributed by atoms with Crippen LogP contribution in [0.15, 0.2) is 5.10 Å². The van der Waals surface area contributed by atoms with Gasteiger partial charge in [-0.15, -0.1) is 0 Å². The van der Waals surface area contributed by atoms with Gasteiger partial charge in [0.2, 0.25) is 0 Å². The first-order valence-corrected chi connectivity index (χ1v) is 3.15. The van der Waals surface area contributed by atoms with Gasteiger partial charge in [-0.2, -0.15) is 5.10 Å². The van der Waals surface area contributed by atoms with E-state index in [1.807, 2.05) is 0 Å². The molecule has 0 aromatic rings. The number of hydrogen-bond acceptors (Lipinski definition) is 4. The molecule has 0 aromatic heterocycles. The zero-order valence-corrected chi connectivity index (χ0v) is 6.26. The molecule has 0 atom stereocenters. The number of nitrogens with one attached hydrogen (secondary N) is 1. The van der Waals surface area contributed by atoms with Crippen LogP contribution in [0.3, 0.4) is 0 Å². The van der Waals surface area contributed by atoms with Crippen LogP contribution in [-0.2, 0) is 9.53 Å². The van der Waals surface area contributed by atoms with Crippen molar-refractivity contribution in [2.75, 3.05) is 13.7 Å². The van der Waals surface area contributed by atoms with Crippen LogP contribution in [0.1, 0.15) is 13.3 Å². The first kappa shape index (κ1) is 8.94. The molecule has 0 heterocycles. The van der Waals surface area contributed by atoms with Crippen molar-refractivity contribution < 1.29 is 9.53 Å². The van der Waals surface area contributed by atoms with Crippen molar-refractivity contribution in [3.8, 4) is 0 Å². The fourth-order valence-corrected chi connectivity index (χ4v) is 0.431. The fourth-order valence-electron chi connectivity index (χ4n) is 0.431. The van der Waals surface area contributed by atoms with E-state index in [1.165, 1.54) is 6.21 Å². The Morgan fingerprint density at radius 3 is 3.00 bits per heavy atom. The Hall–Kier alpha value is -1.06. The molecule has 0 aromatic carbocycles. The van der Waals surface area contributed by atoms with Crippen molar-refractivity contribution in [3.05, 3.63) is 0 Å². The van der Waals surface area contributed by atoms with Crippen molar-refractivity contribution in [3.63, 3.8) is 0 Å². The molecular formula is C6H12N2O2. The van der Waals surface area contributed by atoms with E-state index in [1.54, 1.807) is 14.0 Å². The van der Waals surface area contributed by atoms with Crippen molar-refractivity contribution in [2.24, 2.45) is 5.10 Å². The number of esters is 1. The second-order valence-corrected chi connectivity index (χ2v) is 1.54. The zero-order chi connectivity index (χ0) is 7.82. The molecule has 0 radical (unpaired) electrons. The Morgan fingerprint density at radius 2 is 2.50 bits per heavy atom. The van der Waals surface area contributed by atoms with Crippen LogP contribution >= 0.6 is 0 Å². The topological polar surface area (TPSA) is 50.7 Å². The number of nitrogens with zero attached hydrogens (tertiary/aromatic N) is 1. The monoisotopic (exact) mass is 144 g/mol. The van der Waals surface area contributed by atoms with E-state index in [-0.39, 0.29) is 12.4 Å². The molecule has 0 aliphatic rings. The van der Waals surface area contributed by atoms with E-state index in [0.29, 0.717) is 6.61 Å². The molecule has 0 saturated heterocycles. The van der Waals surface area contributed by atoms with Crippen LogP contribution in [0.4, 0.5) is 0 Å². The summed E-state index contributed by atoms with van der Waals surface area (Å²) < 4.78 is 4.63. The van der Waals surface area contributed by atoms with Gasteiger partial charge in [0.05, 0.1) is 13.0 Å². The third-order valence-corrected chi connectivity index (χ3v) is 0.784. The second-order valence-electron chi connectivity index (χ2n) is 1.54. The van der Waals surface area contributed by atoms with Gasteiger partial charge in [0, 0.05) is 13.3 Å². The van der Waals surface area contributed by atoms with E-state index in [4.69, 9.17) is 0 Å². The van der Waals surface area contributed by atoms with Crippen LogP contribution < -0.4 is 5.43 Å². The predicted octanol–water partition coefficient (Wildman–Crippen LogP) is 0.145. The maximum atomic E-state index is 10.6. The summed E-state index contributed by atoms with van der Waals surface area (Å²) in [6.45, 7) is 2.19. The number of rotatable bonds is 4. The minimum atomic E-state index is -0.249. The van der Waals surface area contributed by atoms with Crippen molar-refractivity contribution in [2.45, 2.75) is 13.3 Å². The van der Waals surface area contributed by atoms with Crippen LogP contribution in [0.5, 0.6) is 0 Å². The van der Waals surface area contributed by atoms with Gasteiger partial charge in [-0.1, -0.05) is 0 Å². The summed E-state index contributed by atoms with van der Waals surface area (Å²) in [7, 11) is 1.67. The summed E-state index contributed by atoms with van der Waals surface area (Å²) in [6.07, 6.45) is 1.70. The van der Waals surface area contributed by atoms with Gasteiger partial charge in [0.25, 0.3) is 0 Å². The molecule has 1 N–H and O–H groups in total. The molecule has 4 heteroatoms. The number of carbonyl (C=O) groups excluding carboxylic acids is 1. The first-order chi connectivity index (χ1) is 4.81. The average molecular weight is 144 g/mol. The standard InChI is InChI=1S/C6H12N2O2/c1-3-10-6(9)4-5-8-7-2/h5,7H,3-4H2,1-2H3. The second kappa shape index (κ2) is 6.07. The van der Waals surface area contributed by atoms with Crippen LogP contribution in [-0.4, -0.2) is 25.8 Å². The summed E-state index contributed by atoms with van der Waals surface area (Å²) in [5.41, 5.74) is 2.53. The quantitative estimate of drug-likeness (QED) is 0.347. The Balaban J connectivity index is 3.30. The summed E-state index contributed by atoms with van der Waals surface area (Å²) in [5.74, 6) is -0.249. The van der Waals surface area contributed by atoms with Gasteiger partial charge < -0.3 is 10.2 Å². The molecule has 0 fully saturated rings. The van der Waals surface area contributed by atoms with Gasteiger partial charge in [-0.25, -0.2) is 0 Å². The normalized spacial score (nSPS) is 9.80. The number of hydrogen-bond donors (Lipinski definition) is 1. The van der Waals surface area contributed by atoms with E-state index in [9.17, 15) is 4.79 Å². The van der Waals surface area contributed by atoms with Crippen molar-refractivity contribution in [1.29, 1.82) is 0 Å². The molecule has 0 saturated carbocycles. The molecule has 0 unspecified atom stereocenters. The van der Waals surface area contributed by atoms with Gasteiger partial charge in [0.15, 0.2) is 0 Å². The average Bonchev–Trinajstić information content (AvgIpc) is 1.89. The highest BCUT2D eigenvalue weighted by atomic mass is 16.5. The van der Waals surface area contributed by atoms with Gasteiger partial charge in [-0.3, -0.25) is 4.79 Å². The molecule has 0 aliphatic heterocycles. The van der Waals surface area contributed by atoms with Crippen LogP contribution in [0.2, 0.25) is 0 Å². The lowest BCUT2D eigenvalue weighted by molar-refractivity contribution is -0.141. The molecule has 58 valence electrons. The number of ether oxygens (including phenoxy) is 1. The fraction of sp³-hybridized carbons (Fsp3) is 0.667. The molecule has 0 bridgehead atoms. The van der Waals surface area contributed by atoms with E-state index in [2.05, 4.69) is 15.3 Å². The summed E-state index contributed by atoms with van der Waals surface area (Å²) >= 11 is 0. The smallest absolute Gasteiger partial charge is 0.311 e. The van der Waals surface area contributed by atoms with Crippen molar-refractivity contribution in [1.82, 2.24) is 5.43 Å². The van der Waals surface area contributed by atoms with Gasteiger partial charge >= 0.3 is 5.97 Å². The Bertz CT molecular complexity index is 123. The highest BCUT2D eigenvalue weighted by Gasteiger charge is 1.95. The van der Waals surface area contributed by atoms with Crippen molar-refractivity contribution >= 4 is 12.2 Å². The Morgan fingerprint density at radius 1 is 1.80 bits per heavy atom. The predicted molar refractivity (Wildman–Crippen MR) is 38.8 cm³/mol. The minimum Gasteiger partial charge on any atom is -0.466 e. The lowest BCUT2D eigenvalue weighted by atomic mass is 10.5. The lowest BCUT2D eigenvalue weighted by Crippen LogP contribution is -2.05. The van der Waals surface area contributed by atoms with Crippen LogP contribution in [0.25, 0.3) is 0 Å².